The van der Waals surface area contributed by atoms with Crippen molar-refractivity contribution < 1.29 is 15.0 Å². The monoisotopic (exact) mass is 145 g/mol. The van der Waals surface area contributed by atoms with Crippen LogP contribution in [0.4, 0.5) is 0 Å². The molecule has 0 aromatic heterocycles. The first-order chi connectivity index (χ1) is 4.57. The zero-order chi connectivity index (χ0) is 7.78. The number of carbonyl (C=O) groups is 1. The smallest absolute Gasteiger partial charge is 0.337 e. The van der Waals surface area contributed by atoms with Gasteiger partial charge in [-0.25, -0.2) is 4.79 Å². The molecule has 0 bridgehead atoms. The fraction of sp³-hybridized carbons (Fsp3) is 0.833. The van der Waals surface area contributed by atoms with Crippen molar-refractivity contribution in [1.82, 2.24) is 5.32 Å². The van der Waals surface area contributed by atoms with E-state index in [2.05, 4.69) is 5.32 Å². The van der Waals surface area contributed by atoms with Crippen LogP contribution in [0.3, 0.4) is 0 Å². The van der Waals surface area contributed by atoms with Crippen LogP contribution in [0.2, 0.25) is 0 Å². The standard InChI is InChI=1S/C6H11NO3/c1-4-6(10,5(8)9)2-3-7-4/h4,7,10H,2-3H2,1H3,(H,8,9)/t4-,6+/m1/s1. The molecule has 10 heavy (non-hydrogen) atoms. The summed E-state index contributed by atoms with van der Waals surface area (Å²) in [6, 6.07) is -0.343. The molecule has 1 aliphatic rings. The molecule has 0 radical (unpaired) electrons. The fourth-order valence-corrected chi connectivity index (χ4v) is 1.16. The maximum absolute atomic E-state index is 10.4. The molecule has 1 heterocycles. The van der Waals surface area contributed by atoms with Crippen LogP contribution in [0.1, 0.15) is 13.3 Å². The van der Waals surface area contributed by atoms with E-state index < -0.39 is 11.6 Å². The van der Waals surface area contributed by atoms with Gasteiger partial charge in [0.1, 0.15) is 0 Å². The van der Waals surface area contributed by atoms with Gasteiger partial charge in [-0.05, 0) is 13.5 Å². The van der Waals surface area contributed by atoms with E-state index in [4.69, 9.17) is 5.11 Å². The third kappa shape index (κ3) is 0.892. The van der Waals surface area contributed by atoms with Crippen molar-refractivity contribution in [2.24, 2.45) is 0 Å². The average Bonchev–Trinajstić information content (AvgIpc) is 2.15. The van der Waals surface area contributed by atoms with Crippen molar-refractivity contribution in [2.75, 3.05) is 6.54 Å². The summed E-state index contributed by atoms with van der Waals surface area (Å²) in [6.07, 6.45) is 0.295. The Kier molecular flexibility index (Phi) is 1.66. The summed E-state index contributed by atoms with van der Waals surface area (Å²) in [5.74, 6) is -1.13. The van der Waals surface area contributed by atoms with Crippen molar-refractivity contribution >= 4 is 5.97 Å². The van der Waals surface area contributed by atoms with E-state index in [0.717, 1.165) is 0 Å². The van der Waals surface area contributed by atoms with Gasteiger partial charge >= 0.3 is 5.97 Å². The zero-order valence-electron chi connectivity index (χ0n) is 5.79. The Labute approximate surface area is 58.9 Å². The third-order valence-corrected chi connectivity index (χ3v) is 2.04. The molecule has 0 unspecified atom stereocenters. The second-order valence-corrected chi connectivity index (χ2v) is 2.66. The number of rotatable bonds is 1. The molecule has 0 amide bonds. The highest BCUT2D eigenvalue weighted by Gasteiger charge is 2.45. The maximum atomic E-state index is 10.4. The van der Waals surface area contributed by atoms with E-state index in [1.807, 2.05) is 0 Å². The van der Waals surface area contributed by atoms with Crippen molar-refractivity contribution in [1.29, 1.82) is 0 Å². The summed E-state index contributed by atoms with van der Waals surface area (Å²) in [5, 5.41) is 20.8. The van der Waals surface area contributed by atoms with E-state index in [1.54, 1.807) is 6.92 Å². The lowest BCUT2D eigenvalue weighted by Crippen LogP contribution is -2.47. The topological polar surface area (TPSA) is 69.6 Å². The number of carboxylic acids is 1. The van der Waals surface area contributed by atoms with E-state index >= 15 is 0 Å². The Morgan fingerprint density at radius 2 is 2.40 bits per heavy atom. The second-order valence-electron chi connectivity index (χ2n) is 2.66. The molecule has 1 aliphatic heterocycles. The van der Waals surface area contributed by atoms with Gasteiger partial charge in [-0.15, -0.1) is 0 Å². The Bertz CT molecular complexity index is 159. The van der Waals surface area contributed by atoms with Crippen LogP contribution in [0.5, 0.6) is 0 Å². The molecule has 2 atom stereocenters. The molecular formula is C6H11NO3. The summed E-state index contributed by atoms with van der Waals surface area (Å²) in [7, 11) is 0. The molecule has 3 N–H and O–H groups in total. The Morgan fingerprint density at radius 3 is 2.60 bits per heavy atom. The van der Waals surface area contributed by atoms with E-state index in [9.17, 15) is 9.90 Å². The predicted octanol–water partition coefficient (Wildman–Crippen LogP) is -0.816. The molecule has 0 aliphatic carbocycles. The fourth-order valence-electron chi connectivity index (χ4n) is 1.16. The van der Waals surface area contributed by atoms with E-state index in [0.29, 0.717) is 13.0 Å². The summed E-state index contributed by atoms with van der Waals surface area (Å²) in [4.78, 5) is 10.4. The lowest BCUT2D eigenvalue weighted by molar-refractivity contribution is -0.158. The van der Waals surface area contributed by atoms with Gasteiger partial charge in [0, 0.05) is 12.5 Å². The van der Waals surface area contributed by atoms with Gasteiger partial charge in [0.2, 0.25) is 0 Å². The molecule has 1 saturated heterocycles. The SMILES string of the molecule is C[C@H]1NCC[C@@]1(O)C(=O)O. The molecule has 0 aromatic carbocycles. The molecule has 0 aromatic rings. The first kappa shape index (κ1) is 7.50. The first-order valence-electron chi connectivity index (χ1n) is 3.26. The summed E-state index contributed by atoms with van der Waals surface area (Å²) >= 11 is 0. The average molecular weight is 145 g/mol. The van der Waals surface area contributed by atoms with Gasteiger partial charge in [0.25, 0.3) is 0 Å². The number of hydrogen-bond donors (Lipinski definition) is 3. The molecule has 0 saturated carbocycles. The van der Waals surface area contributed by atoms with Crippen LogP contribution >= 0.6 is 0 Å². The van der Waals surface area contributed by atoms with Crippen molar-refractivity contribution in [3.8, 4) is 0 Å². The molecule has 0 spiro atoms. The number of nitrogens with one attached hydrogen (secondary N) is 1. The van der Waals surface area contributed by atoms with Gasteiger partial charge in [-0.1, -0.05) is 0 Å². The van der Waals surface area contributed by atoms with Crippen molar-refractivity contribution in [3.63, 3.8) is 0 Å². The van der Waals surface area contributed by atoms with Crippen LogP contribution in [0.25, 0.3) is 0 Å². The molecular weight excluding hydrogens is 134 g/mol. The van der Waals surface area contributed by atoms with Gasteiger partial charge in [-0.2, -0.15) is 0 Å². The molecule has 58 valence electrons. The minimum Gasteiger partial charge on any atom is -0.479 e. The molecule has 4 nitrogen and oxygen atoms in total. The molecule has 1 rings (SSSR count). The quantitative estimate of drug-likeness (QED) is 0.451. The second kappa shape index (κ2) is 2.21. The highest BCUT2D eigenvalue weighted by molar-refractivity contribution is 5.78. The van der Waals surface area contributed by atoms with Gasteiger partial charge < -0.3 is 15.5 Å². The highest BCUT2D eigenvalue weighted by atomic mass is 16.4. The van der Waals surface area contributed by atoms with Gasteiger partial charge in [0.05, 0.1) is 0 Å². The highest BCUT2D eigenvalue weighted by Crippen LogP contribution is 2.20. The predicted molar refractivity (Wildman–Crippen MR) is 34.7 cm³/mol. The number of hydrogen-bond acceptors (Lipinski definition) is 3. The van der Waals surface area contributed by atoms with E-state index in [-0.39, 0.29) is 6.04 Å². The number of aliphatic carboxylic acids is 1. The Hall–Kier alpha value is -0.610. The maximum Gasteiger partial charge on any atom is 0.337 e. The summed E-state index contributed by atoms with van der Waals surface area (Å²) in [5.41, 5.74) is -1.54. The van der Waals surface area contributed by atoms with Crippen LogP contribution in [-0.4, -0.2) is 34.4 Å². The largest absolute Gasteiger partial charge is 0.479 e. The molecule has 4 heteroatoms. The van der Waals surface area contributed by atoms with Crippen LogP contribution in [0.15, 0.2) is 0 Å². The number of aliphatic hydroxyl groups is 1. The summed E-state index contributed by atoms with van der Waals surface area (Å²) < 4.78 is 0. The van der Waals surface area contributed by atoms with Gasteiger partial charge in [-0.3, -0.25) is 0 Å². The number of carboxylic acid groups (broad SMARTS) is 1. The minimum absolute atomic E-state index is 0.295. The van der Waals surface area contributed by atoms with Crippen LogP contribution < -0.4 is 5.32 Å². The molecule has 1 fully saturated rings. The van der Waals surface area contributed by atoms with Crippen LogP contribution in [0, 0.1) is 0 Å². The van der Waals surface area contributed by atoms with E-state index in [1.165, 1.54) is 0 Å². The van der Waals surface area contributed by atoms with Crippen LogP contribution in [-0.2, 0) is 4.79 Å². The van der Waals surface area contributed by atoms with Crippen molar-refractivity contribution in [3.05, 3.63) is 0 Å². The normalized spacial score (nSPS) is 40.0. The van der Waals surface area contributed by atoms with Crippen molar-refractivity contribution in [2.45, 2.75) is 25.0 Å². The Morgan fingerprint density at radius 1 is 1.80 bits per heavy atom. The lowest BCUT2D eigenvalue weighted by Gasteiger charge is -2.20. The first-order valence-corrected chi connectivity index (χ1v) is 3.26. The van der Waals surface area contributed by atoms with Gasteiger partial charge in [0.15, 0.2) is 5.60 Å². The third-order valence-electron chi connectivity index (χ3n) is 2.04. The minimum atomic E-state index is -1.54. The Balaban J connectivity index is 2.75. The zero-order valence-corrected chi connectivity index (χ0v) is 5.79. The summed E-state index contributed by atoms with van der Waals surface area (Å²) in [6.45, 7) is 2.24. The lowest BCUT2D eigenvalue weighted by atomic mass is 9.97.